The highest BCUT2D eigenvalue weighted by atomic mass is 32.2. The van der Waals surface area contributed by atoms with Gasteiger partial charge in [0.2, 0.25) is 0 Å². The smallest absolute Gasteiger partial charge is 0.00830 e. The lowest BCUT2D eigenvalue weighted by atomic mass is 10.0. The van der Waals surface area contributed by atoms with Crippen molar-refractivity contribution in [3.05, 3.63) is 22.4 Å². The molecule has 0 radical (unpaired) electrons. The predicted octanol–water partition coefficient (Wildman–Crippen LogP) is 3.34. The van der Waals surface area contributed by atoms with E-state index >= 15 is 0 Å². The molecule has 0 amide bonds. The average molecular weight is 241 g/mol. The highest BCUT2D eigenvalue weighted by Crippen LogP contribution is 2.20. The van der Waals surface area contributed by atoms with Gasteiger partial charge in [0.05, 0.1) is 0 Å². The predicted molar refractivity (Wildman–Crippen MR) is 71.1 cm³/mol. The van der Waals surface area contributed by atoms with E-state index in [-0.39, 0.29) is 0 Å². The van der Waals surface area contributed by atoms with E-state index in [9.17, 15) is 0 Å². The molecule has 2 rings (SSSR count). The standard InChI is InChI=1S/C12H19NS2/c1-10(11-2-5-15-9-11)8-13-12-3-6-14-7-4-12/h2,5,9-10,12-13H,3-4,6-8H2,1H3. The maximum Gasteiger partial charge on any atom is 0.00830 e. The van der Waals surface area contributed by atoms with E-state index in [4.69, 9.17) is 0 Å². The Kier molecular flexibility index (Phi) is 4.54. The van der Waals surface area contributed by atoms with Crippen LogP contribution in [0.5, 0.6) is 0 Å². The van der Waals surface area contributed by atoms with Crippen LogP contribution in [-0.2, 0) is 0 Å². The molecular formula is C12H19NS2. The van der Waals surface area contributed by atoms with Crippen LogP contribution < -0.4 is 5.32 Å². The normalized spacial score (nSPS) is 20.3. The summed E-state index contributed by atoms with van der Waals surface area (Å²) in [5.74, 6) is 3.33. The number of hydrogen-bond donors (Lipinski definition) is 1. The van der Waals surface area contributed by atoms with Crippen LogP contribution in [0.3, 0.4) is 0 Å². The molecule has 1 atom stereocenters. The third-order valence-corrected chi connectivity index (χ3v) is 4.80. The summed E-state index contributed by atoms with van der Waals surface area (Å²) in [7, 11) is 0. The first-order valence-electron chi connectivity index (χ1n) is 5.69. The Morgan fingerprint density at radius 2 is 2.27 bits per heavy atom. The molecule has 1 aromatic rings. The van der Waals surface area contributed by atoms with E-state index in [0.717, 1.165) is 12.6 Å². The van der Waals surface area contributed by atoms with E-state index in [2.05, 4.69) is 40.8 Å². The third kappa shape index (κ3) is 3.51. The topological polar surface area (TPSA) is 12.0 Å². The largest absolute Gasteiger partial charge is 0.313 e. The maximum atomic E-state index is 3.70. The summed E-state index contributed by atoms with van der Waals surface area (Å²) in [5, 5.41) is 8.14. The molecule has 84 valence electrons. The van der Waals surface area contributed by atoms with Gasteiger partial charge in [0, 0.05) is 12.6 Å². The van der Waals surface area contributed by atoms with Crippen molar-refractivity contribution in [1.29, 1.82) is 0 Å². The van der Waals surface area contributed by atoms with E-state index in [1.54, 1.807) is 11.3 Å². The van der Waals surface area contributed by atoms with Crippen LogP contribution in [0.4, 0.5) is 0 Å². The molecule has 1 fully saturated rings. The molecule has 0 aliphatic carbocycles. The van der Waals surface area contributed by atoms with E-state index in [1.165, 1.54) is 29.9 Å². The first-order chi connectivity index (χ1) is 7.36. The molecule has 15 heavy (non-hydrogen) atoms. The summed E-state index contributed by atoms with van der Waals surface area (Å²) in [6, 6.07) is 3.01. The summed E-state index contributed by atoms with van der Waals surface area (Å²) in [5.41, 5.74) is 1.48. The van der Waals surface area contributed by atoms with Gasteiger partial charge in [-0.1, -0.05) is 6.92 Å². The summed E-state index contributed by atoms with van der Waals surface area (Å²) in [6.07, 6.45) is 2.70. The lowest BCUT2D eigenvalue weighted by Crippen LogP contribution is -2.34. The minimum absolute atomic E-state index is 0.658. The van der Waals surface area contributed by atoms with Gasteiger partial charge in [-0.05, 0) is 52.7 Å². The molecule has 0 spiro atoms. The van der Waals surface area contributed by atoms with Crippen LogP contribution >= 0.6 is 23.1 Å². The summed E-state index contributed by atoms with van der Waals surface area (Å²) in [6.45, 7) is 3.44. The van der Waals surface area contributed by atoms with Gasteiger partial charge in [0.15, 0.2) is 0 Å². The van der Waals surface area contributed by atoms with Gasteiger partial charge in [-0.25, -0.2) is 0 Å². The molecule has 1 unspecified atom stereocenters. The fourth-order valence-corrected chi connectivity index (χ4v) is 3.81. The van der Waals surface area contributed by atoms with Gasteiger partial charge in [0.1, 0.15) is 0 Å². The monoisotopic (exact) mass is 241 g/mol. The maximum absolute atomic E-state index is 3.70. The van der Waals surface area contributed by atoms with Crippen molar-refractivity contribution in [3.8, 4) is 0 Å². The second-order valence-corrected chi connectivity index (χ2v) is 6.26. The molecule has 0 bridgehead atoms. The molecule has 0 saturated carbocycles. The first kappa shape index (κ1) is 11.5. The summed E-state index contributed by atoms with van der Waals surface area (Å²) >= 11 is 3.89. The van der Waals surface area contributed by atoms with E-state index in [0.29, 0.717) is 5.92 Å². The minimum Gasteiger partial charge on any atom is -0.313 e. The van der Waals surface area contributed by atoms with Crippen molar-refractivity contribution in [3.63, 3.8) is 0 Å². The van der Waals surface area contributed by atoms with Crippen molar-refractivity contribution in [2.24, 2.45) is 0 Å². The van der Waals surface area contributed by atoms with E-state index in [1.807, 2.05) is 0 Å². The zero-order chi connectivity index (χ0) is 10.5. The molecule has 3 heteroatoms. The Morgan fingerprint density at radius 3 is 2.93 bits per heavy atom. The molecule has 1 aliphatic heterocycles. The molecule has 1 saturated heterocycles. The molecular weight excluding hydrogens is 222 g/mol. The zero-order valence-electron chi connectivity index (χ0n) is 9.24. The molecule has 1 N–H and O–H groups in total. The number of thioether (sulfide) groups is 1. The summed E-state index contributed by atoms with van der Waals surface area (Å²) < 4.78 is 0. The Bertz CT molecular complexity index is 265. The molecule has 0 aromatic carbocycles. The van der Waals surface area contributed by atoms with Crippen LogP contribution in [0.1, 0.15) is 31.2 Å². The van der Waals surface area contributed by atoms with Crippen molar-refractivity contribution in [2.45, 2.75) is 31.7 Å². The molecule has 1 aliphatic rings. The summed E-state index contributed by atoms with van der Waals surface area (Å²) in [4.78, 5) is 0. The second-order valence-electron chi connectivity index (χ2n) is 4.25. The lowest BCUT2D eigenvalue weighted by molar-refractivity contribution is 0.466. The molecule has 1 aromatic heterocycles. The van der Waals surface area contributed by atoms with Crippen LogP contribution in [0.2, 0.25) is 0 Å². The van der Waals surface area contributed by atoms with Crippen LogP contribution in [-0.4, -0.2) is 24.1 Å². The highest BCUT2D eigenvalue weighted by molar-refractivity contribution is 7.99. The number of rotatable bonds is 4. The van der Waals surface area contributed by atoms with Crippen molar-refractivity contribution < 1.29 is 0 Å². The van der Waals surface area contributed by atoms with Crippen LogP contribution in [0, 0.1) is 0 Å². The van der Waals surface area contributed by atoms with Crippen molar-refractivity contribution in [1.82, 2.24) is 5.32 Å². The van der Waals surface area contributed by atoms with Gasteiger partial charge < -0.3 is 5.32 Å². The van der Waals surface area contributed by atoms with Gasteiger partial charge in [-0.2, -0.15) is 23.1 Å². The van der Waals surface area contributed by atoms with Gasteiger partial charge >= 0.3 is 0 Å². The Morgan fingerprint density at radius 1 is 1.47 bits per heavy atom. The second kappa shape index (κ2) is 5.92. The van der Waals surface area contributed by atoms with Crippen LogP contribution in [0.25, 0.3) is 0 Å². The average Bonchev–Trinajstić information content (AvgIpc) is 2.81. The SMILES string of the molecule is CC(CNC1CCSCC1)c1ccsc1. The Hall–Kier alpha value is 0.01000. The molecule has 1 nitrogen and oxygen atoms in total. The lowest BCUT2D eigenvalue weighted by Gasteiger charge is -2.24. The fraction of sp³-hybridized carbons (Fsp3) is 0.667. The fourth-order valence-electron chi connectivity index (χ4n) is 1.92. The van der Waals surface area contributed by atoms with Gasteiger partial charge in [0.25, 0.3) is 0 Å². The van der Waals surface area contributed by atoms with E-state index < -0.39 is 0 Å². The van der Waals surface area contributed by atoms with Crippen molar-refractivity contribution in [2.75, 3.05) is 18.1 Å². The quantitative estimate of drug-likeness (QED) is 0.868. The Balaban J connectivity index is 1.73. The third-order valence-electron chi connectivity index (χ3n) is 3.05. The number of thiophene rings is 1. The van der Waals surface area contributed by atoms with Gasteiger partial charge in [-0.3, -0.25) is 0 Å². The number of nitrogens with one attached hydrogen (secondary N) is 1. The van der Waals surface area contributed by atoms with Crippen LogP contribution in [0.15, 0.2) is 16.8 Å². The highest BCUT2D eigenvalue weighted by Gasteiger charge is 2.14. The zero-order valence-corrected chi connectivity index (χ0v) is 10.9. The van der Waals surface area contributed by atoms with Crippen molar-refractivity contribution >= 4 is 23.1 Å². The minimum atomic E-state index is 0.658. The van der Waals surface area contributed by atoms with Gasteiger partial charge in [-0.15, -0.1) is 0 Å². The Labute approximate surface area is 101 Å². The number of hydrogen-bond acceptors (Lipinski definition) is 3. The first-order valence-corrected chi connectivity index (χ1v) is 7.79. The molecule has 2 heterocycles.